The molecule has 2 aliphatic rings. The highest BCUT2D eigenvalue weighted by molar-refractivity contribution is 6.13. The Hall–Kier alpha value is -3.01. The van der Waals surface area contributed by atoms with E-state index in [1.54, 1.807) is 0 Å². The molecule has 124 valence electrons. The molecule has 0 saturated heterocycles. The average Bonchev–Trinajstić information content (AvgIpc) is 3.16. The number of imide groups is 1. The Labute approximate surface area is 145 Å². The highest BCUT2D eigenvalue weighted by atomic mass is 16.2. The molecule has 0 fully saturated rings. The monoisotopic (exact) mass is 331 g/mol. The molecule has 2 aromatic carbocycles. The molecule has 1 aliphatic heterocycles. The highest BCUT2D eigenvalue weighted by Gasteiger charge is 2.42. The molecule has 2 aromatic rings. The van der Waals surface area contributed by atoms with Gasteiger partial charge in [0.2, 0.25) is 0 Å². The molecule has 25 heavy (non-hydrogen) atoms. The normalized spacial score (nSPS) is 21.7. The fourth-order valence-corrected chi connectivity index (χ4v) is 3.80. The summed E-state index contributed by atoms with van der Waals surface area (Å²) in [5.41, 5.74) is 2.81. The second-order valence-corrected chi connectivity index (χ2v) is 6.44. The molecule has 0 N–H and O–H groups in total. The number of fused-ring (bicyclic) bond motifs is 1. The first-order valence-electron chi connectivity index (χ1n) is 8.36. The van der Waals surface area contributed by atoms with Crippen molar-refractivity contribution in [3.05, 3.63) is 83.4 Å². The van der Waals surface area contributed by atoms with Gasteiger partial charge in [0.25, 0.3) is 11.8 Å². The van der Waals surface area contributed by atoms with Crippen LogP contribution in [0.25, 0.3) is 0 Å². The summed E-state index contributed by atoms with van der Waals surface area (Å²) in [6.07, 6.45) is 3.41. The van der Waals surface area contributed by atoms with Crippen molar-refractivity contribution < 1.29 is 14.4 Å². The summed E-state index contributed by atoms with van der Waals surface area (Å²) in [6, 6.07) is 16.9. The van der Waals surface area contributed by atoms with E-state index in [0.29, 0.717) is 12.8 Å². The molecule has 0 aromatic heterocycles. The van der Waals surface area contributed by atoms with Gasteiger partial charge in [0.1, 0.15) is 5.78 Å². The van der Waals surface area contributed by atoms with Crippen molar-refractivity contribution in [3.63, 3.8) is 0 Å². The molecule has 4 heteroatoms. The molecule has 0 radical (unpaired) electrons. The highest BCUT2D eigenvalue weighted by Crippen LogP contribution is 2.45. The minimum atomic E-state index is -0.365. The van der Waals surface area contributed by atoms with Crippen LogP contribution < -0.4 is 0 Å². The van der Waals surface area contributed by atoms with Crippen molar-refractivity contribution >= 4 is 17.6 Å². The van der Waals surface area contributed by atoms with Crippen molar-refractivity contribution in [1.82, 2.24) is 4.90 Å². The van der Waals surface area contributed by atoms with Gasteiger partial charge in [-0.25, -0.2) is 0 Å². The van der Waals surface area contributed by atoms with Crippen LogP contribution in [0.2, 0.25) is 0 Å². The summed E-state index contributed by atoms with van der Waals surface area (Å²) < 4.78 is 0. The topological polar surface area (TPSA) is 54.5 Å². The molecular formula is C21H17NO3. The minimum Gasteiger partial charge on any atom is -0.299 e. The van der Waals surface area contributed by atoms with Crippen LogP contribution in [0.5, 0.6) is 0 Å². The van der Waals surface area contributed by atoms with Crippen LogP contribution >= 0.6 is 0 Å². The van der Waals surface area contributed by atoms with Crippen LogP contribution in [0.1, 0.15) is 35.1 Å². The van der Waals surface area contributed by atoms with Crippen molar-refractivity contribution in [2.75, 3.05) is 0 Å². The van der Waals surface area contributed by atoms with E-state index in [1.807, 2.05) is 54.6 Å². The first-order valence-corrected chi connectivity index (χ1v) is 8.36. The Morgan fingerprint density at radius 3 is 2.16 bits per heavy atom. The van der Waals surface area contributed by atoms with E-state index in [0.717, 1.165) is 16.7 Å². The van der Waals surface area contributed by atoms with Crippen molar-refractivity contribution in [1.29, 1.82) is 0 Å². The van der Waals surface area contributed by atoms with Crippen molar-refractivity contribution in [3.8, 4) is 0 Å². The molecule has 0 saturated carbocycles. The largest absolute Gasteiger partial charge is 0.299 e. The Morgan fingerprint density at radius 1 is 0.880 bits per heavy atom. The third kappa shape index (κ3) is 2.70. The van der Waals surface area contributed by atoms with E-state index in [1.165, 1.54) is 17.1 Å². The number of carbonyl (C=O) groups is 3. The van der Waals surface area contributed by atoms with Crippen LogP contribution in [0.4, 0.5) is 0 Å². The molecule has 2 amide bonds. The number of benzene rings is 2. The van der Waals surface area contributed by atoms with Gasteiger partial charge in [-0.2, -0.15) is 0 Å². The van der Waals surface area contributed by atoms with Gasteiger partial charge < -0.3 is 0 Å². The molecule has 2 atom stereocenters. The number of ketones is 1. The molecule has 0 unspecified atom stereocenters. The van der Waals surface area contributed by atoms with E-state index in [4.69, 9.17) is 0 Å². The standard InChI is InChI=1S/C21H17NO3/c23-19(12-14-6-2-1-3-7-14)17-13-18(16-9-5-4-8-15(16)17)22-20(24)10-11-21(22)25/h1-11,17-18H,12-13H2/t17-,18-/m0/s1. The van der Waals surface area contributed by atoms with Crippen LogP contribution in [-0.2, 0) is 20.8 Å². The number of nitrogens with zero attached hydrogens (tertiary/aromatic N) is 1. The summed E-state index contributed by atoms with van der Waals surface area (Å²) >= 11 is 0. The van der Waals surface area contributed by atoms with Crippen LogP contribution in [0.3, 0.4) is 0 Å². The summed E-state index contributed by atoms with van der Waals surface area (Å²) in [7, 11) is 0. The van der Waals surface area contributed by atoms with E-state index in [-0.39, 0.29) is 29.6 Å². The van der Waals surface area contributed by atoms with Crippen molar-refractivity contribution in [2.24, 2.45) is 0 Å². The molecule has 4 nitrogen and oxygen atoms in total. The molecular weight excluding hydrogens is 314 g/mol. The number of carbonyl (C=O) groups excluding carboxylic acids is 3. The maximum Gasteiger partial charge on any atom is 0.254 e. The second-order valence-electron chi connectivity index (χ2n) is 6.44. The smallest absolute Gasteiger partial charge is 0.254 e. The van der Waals surface area contributed by atoms with Crippen LogP contribution in [0, 0.1) is 0 Å². The van der Waals surface area contributed by atoms with Gasteiger partial charge in [-0.3, -0.25) is 19.3 Å². The van der Waals surface area contributed by atoms with E-state index in [9.17, 15) is 14.4 Å². The lowest BCUT2D eigenvalue weighted by atomic mass is 9.92. The maximum atomic E-state index is 12.9. The quantitative estimate of drug-likeness (QED) is 0.810. The summed E-state index contributed by atoms with van der Waals surface area (Å²) in [5.74, 6) is -0.780. The zero-order chi connectivity index (χ0) is 17.4. The lowest BCUT2D eigenvalue weighted by molar-refractivity contribution is -0.140. The predicted octanol–water partition coefficient (Wildman–Crippen LogP) is 2.95. The first-order chi connectivity index (χ1) is 12.1. The zero-order valence-corrected chi connectivity index (χ0v) is 13.6. The SMILES string of the molecule is O=C(Cc1ccccc1)[C@H]1C[C@H](N2C(=O)C=CC2=O)c2ccccc21. The van der Waals surface area contributed by atoms with E-state index in [2.05, 4.69) is 0 Å². The maximum absolute atomic E-state index is 12.9. The number of amides is 2. The fraction of sp³-hybridized carbons (Fsp3) is 0.190. The number of hydrogen-bond acceptors (Lipinski definition) is 3. The summed E-state index contributed by atoms with van der Waals surface area (Å²) in [4.78, 5) is 38.3. The first kappa shape index (κ1) is 15.5. The molecule has 1 aliphatic carbocycles. The molecule has 0 bridgehead atoms. The van der Waals surface area contributed by atoms with Crippen molar-refractivity contribution in [2.45, 2.75) is 24.8 Å². The third-order valence-corrected chi connectivity index (χ3v) is 4.95. The molecule has 0 spiro atoms. The Bertz CT molecular complexity index is 867. The summed E-state index contributed by atoms with van der Waals surface area (Å²) in [6.45, 7) is 0. The van der Waals surface area contributed by atoms with Gasteiger partial charge in [-0.05, 0) is 23.1 Å². The molecule has 1 heterocycles. The van der Waals surface area contributed by atoms with Gasteiger partial charge >= 0.3 is 0 Å². The van der Waals surface area contributed by atoms with Gasteiger partial charge in [-0.1, -0.05) is 54.6 Å². The van der Waals surface area contributed by atoms with Gasteiger partial charge in [0.15, 0.2) is 0 Å². The number of hydrogen-bond donors (Lipinski definition) is 0. The zero-order valence-electron chi connectivity index (χ0n) is 13.6. The molecule has 4 rings (SSSR count). The number of rotatable bonds is 4. The van der Waals surface area contributed by atoms with Gasteiger partial charge in [0.05, 0.1) is 6.04 Å². The lowest BCUT2D eigenvalue weighted by Crippen LogP contribution is -2.33. The lowest BCUT2D eigenvalue weighted by Gasteiger charge is -2.23. The van der Waals surface area contributed by atoms with Gasteiger partial charge in [-0.15, -0.1) is 0 Å². The predicted molar refractivity (Wildman–Crippen MR) is 92.7 cm³/mol. The average molecular weight is 331 g/mol. The third-order valence-electron chi connectivity index (χ3n) is 4.95. The minimum absolute atomic E-state index is 0.119. The Balaban J connectivity index is 1.64. The van der Waals surface area contributed by atoms with E-state index < -0.39 is 0 Å². The fourth-order valence-electron chi connectivity index (χ4n) is 3.80. The van der Waals surface area contributed by atoms with E-state index >= 15 is 0 Å². The van der Waals surface area contributed by atoms with Gasteiger partial charge in [0, 0.05) is 24.5 Å². The Kier molecular flexibility index (Phi) is 3.80. The summed E-state index contributed by atoms with van der Waals surface area (Å²) in [5, 5.41) is 0. The van der Waals surface area contributed by atoms with Crippen LogP contribution in [0.15, 0.2) is 66.7 Å². The number of Topliss-reactive ketones (excluding diaryl/α,β-unsaturated/α-hetero) is 1. The second kappa shape index (κ2) is 6.13. The Morgan fingerprint density at radius 2 is 1.48 bits per heavy atom. The van der Waals surface area contributed by atoms with Crippen LogP contribution in [-0.4, -0.2) is 22.5 Å².